The molecule has 1 aliphatic heterocycles. The normalized spacial score (nSPS) is 12.4. The number of amides is 4. The van der Waals surface area contributed by atoms with E-state index in [0.717, 1.165) is 18.9 Å². The van der Waals surface area contributed by atoms with Crippen molar-refractivity contribution in [3.63, 3.8) is 0 Å². The monoisotopic (exact) mass is 899 g/mol. The lowest BCUT2D eigenvalue weighted by molar-refractivity contribution is 0.101. The van der Waals surface area contributed by atoms with Gasteiger partial charge in [0.05, 0.1) is 50.0 Å². The summed E-state index contributed by atoms with van der Waals surface area (Å²) in [4.78, 5) is 60.8. The number of hydrogen-bond acceptors (Lipinski definition) is 8. The molecule has 6 aromatic rings. The van der Waals surface area contributed by atoms with Gasteiger partial charge in [0.25, 0.3) is 23.6 Å². The minimum absolute atomic E-state index is 0.271. The standard InChI is InChI=1S/C25H24ClFN4O3.C20H14Cl2FN3O2/c1-15-20(7-9-23(28-15)31-12-10-19(32)11-13-31)25(34)29-18-6-8-21(26)22(14-18)30-24(33)16-2-4-17(27)5-3-16;1-11-15(7-9-18(22)24-11)20(28)25-14-6-8-16(21)17(10-14)26-19(27)12-2-4-13(23)5-3-12/h2-9,14,19,32H,10-13H2,1H3,(H,29,34)(H,30,33);2-10H,1H3,(H,25,28)(H,26,27). The van der Waals surface area contributed by atoms with E-state index in [1.54, 1.807) is 62.4 Å². The van der Waals surface area contributed by atoms with Crippen LogP contribution < -0.4 is 26.2 Å². The highest BCUT2D eigenvalue weighted by Gasteiger charge is 2.20. The molecule has 7 rings (SSSR count). The number of anilines is 5. The van der Waals surface area contributed by atoms with Crippen LogP contribution in [-0.4, -0.2) is 57.9 Å². The van der Waals surface area contributed by atoms with Crippen molar-refractivity contribution in [2.24, 2.45) is 0 Å². The van der Waals surface area contributed by atoms with Crippen LogP contribution in [0.15, 0.2) is 109 Å². The zero-order valence-corrected chi connectivity index (χ0v) is 35.4. The first-order valence-electron chi connectivity index (χ1n) is 19.0. The van der Waals surface area contributed by atoms with Crippen molar-refractivity contribution in [3.8, 4) is 0 Å². The number of hydrogen-bond donors (Lipinski definition) is 5. The first-order chi connectivity index (χ1) is 29.6. The molecule has 2 aromatic heterocycles. The Morgan fingerprint density at radius 1 is 0.581 bits per heavy atom. The molecule has 0 saturated carbocycles. The van der Waals surface area contributed by atoms with E-state index in [1.807, 2.05) is 0 Å². The van der Waals surface area contributed by atoms with Crippen molar-refractivity contribution >= 4 is 87.0 Å². The van der Waals surface area contributed by atoms with Gasteiger partial charge in [0.15, 0.2) is 0 Å². The molecule has 1 saturated heterocycles. The lowest BCUT2D eigenvalue weighted by Gasteiger charge is -2.30. The van der Waals surface area contributed by atoms with Gasteiger partial charge < -0.3 is 31.3 Å². The van der Waals surface area contributed by atoms with Crippen LogP contribution in [0.4, 0.5) is 37.3 Å². The van der Waals surface area contributed by atoms with E-state index in [4.69, 9.17) is 34.8 Å². The number of piperidine rings is 1. The zero-order valence-electron chi connectivity index (χ0n) is 33.1. The zero-order chi connectivity index (χ0) is 44.5. The SMILES string of the molecule is Cc1nc(Cl)ccc1C(=O)Nc1ccc(Cl)c(NC(=O)c2ccc(F)cc2)c1.Cc1nc(N2CCC(O)CC2)ccc1C(=O)Nc1ccc(Cl)c(NC(=O)c2ccc(F)cc2)c1. The summed E-state index contributed by atoms with van der Waals surface area (Å²) in [7, 11) is 0. The van der Waals surface area contributed by atoms with Gasteiger partial charge in [-0.2, -0.15) is 0 Å². The lowest BCUT2D eigenvalue weighted by atomic mass is 10.1. The lowest BCUT2D eigenvalue weighted by Crippen LogP contribution is -2.36. The second kappa shape index (κ2) is 20.4. The molecular formula is C45H38Cl3F2N7O5. The minimum atomic E-state index is -0.455. The topological polar surface area (TPSA) is 166 Å². The highest BCUT2D eigenvalue weighted by molar-refractivity contribution is 6.34. The fourth-order valence-corrected chi connectivity index (χ4v) is 6.73. The van der Waals surface area contributed by atoms with Crippen molar-refractivity contribution in [2.75, 3.05) is 39.3 Å². The Morgan fingerprint density at radius 3 is 1.45 bits per heavy atom. The second-order valence-corrected chi connectivity index (χ2v) is 15.2. The molecular weight excluding hydrogens is 863 g/mol. The summed E-state index contributed by atoms with van der Waals surface area (Å²) in [6.45, 7) is 4.89. The van der Waals surface area contributed by atoms with Crippen molar-refractivity contribution in [3.05, 3.63) is 170 Å². The number of pyridine rings is 2. The number of aryl methyl sites for hydroxylation is 2. The van der Waals surface area contributed by atoms with Crippen molar-refractivity contribution < 1.29 is 33.1 Å². The molecule has 4 amide bonds. The molecule has 3 heterocycles. The van der Waals surface area contributed by atoms with Crippen LogP contribution in [0.3, 0.4) is 0 Å². The molecule has 318 valence electrons. The molecule has 62 heavy (non-hydrogen) atoms. The number of halogens is 5. The third-order valence-electron chi connectivity index (χ3n) is 9.56. The largest absolute Gasteiger partial charge is 0.393 e. The summed E-state index contributed by atoms with van der Waals surface area (Å²) >= 11 is 18.2. The fraction of sp³-hybridized carbons (Fsp3) is 0.156. The molecule has 5 N–H and O–H groups in total. The van der Waals surface area contributed by atoms with E-state index in [1.165, 1.54) is 60.7 Å². The molecule has 1 aliphatic rings. The van der Waals surface area contributed by atoms with E-state index in [0.29, 0.717) is 68.3 Å². The number of aliphatic hydroxyl groups is 1. The maximum atomic E-state index is 13.1. The van der Waals surface area contributed by atoms with Crippen LogP contribution in [0, 0.1) is 25.5 Å². The highest BCUT2D eigenvalue weighted by Crippen LogP contribution is 2.29. The van der Waals surface area contributed by atoms with Gasteiger partial charge in [-0.25, -0.2) is 18.7 Å². The molecule has 0 aliphatic carbocycles. The van der Waals surface area contributed by atoms with Crippen molar-refractivity contribution in [2.45, 2.75) is 32.8 Å². The fourth-order valence-electron chi connectivity index (χ4n) is 6.22. The van der Waals surface area contributed by atoms with Crippen molar-refractivity contribution in [1.82, 2.24) is 9.97 Å². The third-order valence-corrected chi connectivity index (χ3v) is 10.4. The predicted molar refractivity (Wildman–Crippen MR) is 238 cm³/mol. The Labute approximate surface area is 370 Å². The number of nitrogens with zero attached hydrogens (tertiary/aromatic N) is 3. The average molecular weight is 901 g/mol. The predicted octanol–water partition coefficient (Wildman–Crippen LogP) is 9.99. The first kappa shape index (κ1) is 45.1. The van der Waals surface area contributed by atoms with E-state index in [9.17, 15) is 33.1 Å². The maximum absolute atomic E-state index is 13.1. The van der Waals surface area contributed by atoms with Crippen LogP contribution in [0.1, 0.15) is 65.7 Å². The number of rotatable bonds is 9. The van der Waals surface area contributed by atoms with Crippen LogP contribution in [0.5, 0.6) is 0 Å². The molecule has 0 atom stereocenters. The number of carbonyl (C=O) groups is 4. The van der Waals surface area contributed by atoms with Crippen LogP contribution in [0.25, 0.3) is 0 Å². The van der Waals surface area contributed by atoms with E-state index in [-0.39, 0.29) is 34.1 Å². The third kappa shape index (κ3) is 11.9. The Hall–Kier alpha value is -6.45. The molecule has 0 radical (unpaired) electrons. The van der Waals surface area contributed by atoms with Gasteiger partial charge in [0, 0.05) is 35.6 Å². The summed E-state index contributed by atoms with van der Waals surface area (Å²) in [5.74, 6) is -1.73. The van der Waals surface area contributed by atoms with Gasteiger partial charge in [0.2, 0.25) is 0 Å². The Balaban J connectivity index is 0.000000211. The first-order valence-corrected chi connectivity index (χ1v) is 20.2. The summed E-state index contributed by atoms with van der Waals surface area (Å²) < 4.78 is 26.1. The molecule has 12 nitrogen and oxygen atoms in total. The Morgan fingerprint density at radius 2 is 1.02 bits per heavy atom. The summed E-state index contributed by atoms with van der Waals surface area (Å²) in [6, 6.07) is 26.3. The summed E-state index contributed by atoms with van der Waals surface area (Å²) in [6.07, 6.45) is 1.12. The number of benzene rings is 4. The molecule has 17 heteroatoms. The van der Waals surface area contributed by atoms with Gasteiger partial charge in [0.1, 0.15) is 22.6 Å². The summed E-state index contributed by atoms with van der Waals surface area (Å²) in [5, 5.41) is 21.4. The number of carbonyl (C=O) groups excluding carboxylic acids is 4. The van der Waals surface area contributed by atoms with E-state index >= 15 is 0 Å². The van der Waals surface area contributed by atoms with Gasteiger partial charge in [-0.15, -0.1) is 0 Å². The van der Waals surface area contributed by atoms with Crippen LogP contribution in [-0.2, 0) is 0 Å². The quantitative estimate of drug-likeness (QED) is 0.0895. The second-order valence-electron chi connectivity index (χ2n) is 14.0. The van der Waals surface area contributed by atoms with Gasteiger partial charge in [-0.3, -0.25) is 19.2 Å². The van der Waals surface area contributed by atoms with Gasteiger partial charge >= 0.3 is 0 Å². The van der Waals surface area contributed by atoms with Gasteiger partial charge in [-0.05, 0) is 136 Å². The van der Waals surface area contributed by atoms with E-state index in [2.05, 4.69) is 36.1 Å². The number of aromatic nitrogens is 2. The number of aliphatic hydroxyl groups excluding tert-OH is 1. The molecule has 0 bridgehead atoms. The Bertz CT molecular complexity index is 2630. The maximum Gasteiger partial charge on any atom is 0.257 e. The summed E-state index contributed by atoms with van der Waals surface area (Å²) in [5.41, 5.74) is 3.90. The average Bonchev–Trinajstić information content (AvgIpc) is 3.24. The number of nitrogens with one attached hydrogen (secondary N) is 4. The minimum Gasteiger partial charge on any atom is -0.393 e. The van der Waals surface area contributed by atoms with E-state index < -0.39 is 23.4 Å². The van der Waals surface area contributed by atoms with Crippen LogP contribution in [0.2, 0.25) is 15.2 Å². The molecule has 1 fully saturated rings. The molecule has 4 aromatic carbocycles. The molecule has 0 spiro atoms. The van der Waals surface area contributed by atoms with Gasteiger partial charge in [-0.1, -0.05) is 34.8 Å². The van der Waals surface area contributed by atoms with Crippen LogP contribution >= 0.6 is 34.8 Å². The Kier molecular flexibility index (Phi) is 14.8. The highest BCUT2D eigenvalue weighted by atomic mass is 35.5. The smallest absolute Gasteiger partial charge is 0.257 e. The van der Waals surface area contributed by atoms with Crippen molar-refractivity contribution in [1.29, 1.82) is 0 Å². The molecule has 0 unspecified atom stereocenters.